The Labute approximate surface area is 161 Å². The zero-order valence-electron chi connectivity index (χ0n) is 17.6. The maximum Gasteiger partial charge on any atom is 0.139 e. The van der Waals surface area contributed by atoms with Gasteiger partial charge in [-0.2, -0.15) is 0 Å². The van der Waals surface area contributed by atoms with Crippen molar-refractivity contribution >= 4 is 5.78 Å². The first-order valence-electron chi connectivity index (χ1n) is 11.0. The quantitative estimate of drug-likeness (QED) is 0.310. The van der Waals surface area contributed by atoms with Crippen molar-refractivity contribution in [3.63, 3.8) is 0 Å². The number of ketones is 1. The van der Waals surface area contributed by atoms with E-state index in [1.807, 2.05) is 13.0 Å². The summed E-state index contributed by atoms with van der Waals surface area (Å²) in [6, 6.07) is 0. The van der Waals surface area contributed by atoms with Crippen LogP contribution in [-0.4, -0.2) is 29.2 Å². The summed E-state index contributed by atoms with van der Waals surface area (Å²) < 4.78 is 6.00. The number of hydrogen-bond acceptors (Lipinski definition) is 3. The van der Waals surface area contributed by atoms with Gasteiger partial charge in [0.25, 0.3) is 0 Å². The Balaban J connectivity index is 2.73. The van der Waals surface area contributed by atoms with Gasteiger partial charge in [-0.25, -0.2) is 0 Å². The number of unbranched alkanes of at least 4 members (excludes halogenated alkanes) is 5. The molecule has 0 saturated heterocycles. The molecule has 0 aromatic carbocycles. The van der Waals surface area contributed by atoms with Crippen molar-refractivity contribution in [3.8, 4) is 0 Å². The molecule has 1 aliphatic rings. The zero-order chi connectivity index (χ0) is 19.4. The highest BCUT2D eigenvalue weighted by Gasteiger charge is 2.41. The number of rotatable bonds is 14. The third-order valence-electron chi connectivity index (χ3n) is 5.58. The molecule has 3 nitrogen and oxygen atoms in total. The van der Waals surface area contributed by atoms with Gasteiger partial charge in [-0.15, -0.1) is 0 Å². The van der Waals surface area contributed by atoms with Gasteiger partial charge >= 0.3 is 0 Å². The zero-order valence-corrected chi connectivity index (χ0v) is 17.6. The number of ether oxygens (including phenoxy) is 1. The summed E-state index contributed by atoms with van der Waals surface area (Å²) in [4.78, 5) is 12.6. The molecular weight excluding hydrogens is 324 g/mol. The maximum atomic E-state index is 12.6. The third-order valence-corrected chi connectivity index (χ3v) is 5.58. The second-order valence-corrected chi connectivity index (χ2v) is 8.29. The molecule has 0 spiro atoms. The summed E-state index contributed by atoms with van der Waals surface area (Å²) in [6.45, 7) is 9.04. The van der Waals surface area contributed by atoms with Crippen molar-refractivity contribution in [2.75, 3.05) is 6.61 Å². The summed E-state index contributed by atoms with van der Waals surface area (Å²) in [5, 5.41) is 10.6. The molecule has 3 heteroatoms. The van der Waals surface area contributed by atoms with Crippen molar-refractivity contribution in [1.82, 2.24) is 0 Å². The second-order valence-electron chi connectivity index (χ2n) is 8.29. The van der Waals surface area contributed by atoms with Gasteiger partial charge in [-0.05, 0) is 26.2 Å². The Morgan fingerprint density at radius 2 is 1.77 bits per heavy atom. The van der Waals surface area contributed by atoms with Crippen LogP contribution in [0.4, 0.5) is 0 Å². The third kappa shape index (κ3) is 8.35. The lowest BCUT2D eigenvalue weighted by atomic mass is 9.87. The lowest BCUT2D eigenvalue weighted by Gasteiger charge is -2.24. The minimum Gasteiger partial charge on any atom is -0.386 e. The number of Topliss-reactive ketones (excluding diaryl/α,β-unsaturated/α-hetero) is 1. The fraction of sp³-hybridized carbons (Fsp3) is 0.870. The normalized spacial score (nSPS) is 25.9. The van der Waals surface area contributed by atoms with Crippen LogP contribution in [-0.2, 0) is 9.53 Å². The van der Waals surface area contributed by atoms with Crippen LogP contribution in [0.5, 0.6) is 0 Å². The minimum absolute atomic E-state index is 0.0127. The van der Waals surface area contributed by atoms with E-state index in [9.17, 15) is 9.90 Å². The first-order valence-corrected chi connectivity index (χ1v) is 11.0. The molecule has 0 heterocycles. The van der Waals surface area contributed by atoms with Gasteiger partial charge in [0.15, 0.2) is 0 Å². The molecule has 0 bridgehead atoms. The lowest BCUT2D eigenvalue weighted by Crippen LogP contribution is -2.25. The van der Waals surface area contributed by atoms with Crippen molar-refractivity contribution in [2.45, 2.75) is 110 Å². The van der Waals surface area contributed by atoms with Gasteiger partial charge in [0.05, 0.1) is 11.7 Å². The van der Waals surface area contributed by atoms with Crippen molar-refractivity contribution in [3.05, 3.63) is 12.2 Å². The molecule has 1 rings (SSSR count). The molecule has 26 heavy (non-hydrogen) atoms. The topological polar surface area (TPSA) is 46.5 Å². The molecule has 1 fully saturated rings. The Morgan fingerprint density at radius 3 is 2.42 bits per heavy atom. The highest BCUT2D eigenvalue weighted by atomic mass is 16.5. The number of hydrogen-bond donors (Lipinski definition) is 1. The smallest absolute Gasteiger partial charge is 0.139 e. The number of carbonyl (C=O) groups excluding carboxylic acids is 1. The lowest BCUT2D eigenvalue weighted by molar-refractivity contribution is -0.121. The molecule has 0 radical (unpaired) electrons. The van der Waals surface area contributed by atoms with Gasteiger partial charge < -0.3 is 9.84 Å². The van der Waals surface area contributed by atoms with Crippen LogP contribution in [0, 0.1) is 11.8 Å². The van der Waals surface area contributed by atoms with E-state index in [0.717, 1.165) is 38.5 Å². The van der Waals surface area contributed by atoms with Gasteiger partial charge in [-0.3, -0.25) is 4.79 Å². The summed E-state index contributed by atoms with van der Waals surface area (Å²) in [6.07, 6.45) is 15.4. The van der Waals surface area contributed by atoms with Crippen LogP contribution in [0.15, 0.2) is 12.2 Å². The highest BCUT2D eigenvalue weighted by molar-refractivity contribution is 5.84. The van der Waals surface area contributed by atoms with Crippen LogP contribution in [0.1, 0.15) is 98.3 Å². The Hall–Kier alpha value is -0.670. The molecule has 1 saturated carbocycles. The van der Waals surface area contributed by atoms with Crippen molar-refractivity contribution in [2.24, 2.45) is 11.8 Å². The number of aliphatic hydroxyl groups is 1. The van der Waals surface area contributed by atoms with Crippen molar-refractivity contribution in [1.29, 1.82) is 0 Å². The van der Waals surface area contributed by atoms with Crippen LogP contribution in [0.25, 0.3) is 0 Å². The number of carbonyl (C=O) groups is 1. The largest absolute Gasteiger partial charge is 0.386 e. The SMILES string of the molecule is CCCCCCC[C@H]1C(=O)C[C@@H](OCCC)[C@@H]1C=CC(C)(O)CCCC. The molecule has 0 aliphatic heterocycles. The summed E-state index contributed by atoms with van der Waals surface area (Å²) in [5.41, 5.74) is -0.789. The highest BCUT2D eigenvalue weighted by Crippen LogP contribution is 2.37. The van der Waals surface area contributed by atoms with Crippen LogP contribution in [0.2, 0.25) is 0 Å². The summed E-state index contributed by atoms with van der Waals surface area (Å²) in [5.74, 6) is 0.537. The molecule has 0 amide bonds. The van der Waals surface area contributed by atoms with E-state index < -0.39 is 5.60 Å². The molecule has 1 N–H and O–H groups in total. The molecule has 152 valence electrons. The molecule has 1 aliphatic carbocycles. The maximum absolute atomic E-state index is 12.6. The van der Waals surface area contributed by atoms with E-state index >= 15 is 0 Å². The van der Waals surface area contributed by atoms with E-state index in [0.29, 0.717) is 18.8 Å². The van der Waals surface area contributed by atoms with E-state index in [4.69, 9.17) is 4.74 Å². The van der Waals surface area contributed by atoms with E-state index in [1.165, 1.54) is 25.7 Å². The van der Waals surface area contributed by atoms with E-state index in [2.05, 4.69) is 26.8 Å². The second kappa shape index (κ2) is 12.7. The van der Waals surface area contributed by atoms with Gasteiger partial charge in [-0.1, -0.05) is 77.9 Å². The Morgan fingerprint density at radius 1 is 1.08 bits per heavy atom. The van der Waals surface area contributed by atoms with E-state index in [-0.39, 0.29) is 17.9 Å². The molecule has 0 aromatic heterocycles. The van der Waals surface area contributed by atoms with Gasteiger partial charge in [0, 0.05) is 24.9 Å². The summed E-state index contributed by atoms with van der Waals surface area (Å²) >= 11 is 0. The fourth-order valence-electron chi connectivity index (χ4n) is 3.91. The van der Waals surface area contributed by atoms with Crippen LogP contribution in [0.3, 0.4) is 0 Å². The minimum atomic E-state index is -0.789. The van der Waals surface area contributed by atoms with E-state index in [1.54, 1.807) is 0 Å². The predicted octanol–water partition coefficient (Wildman–Crippen LogP) is 5.84. The van der Waals surface area contributed by atoms with Gasteiger partial charge in [0.2, 0.25) is 0 Å². The van der Waals surface area contributed by atoms with Crippen LogP contribution >= 0.6 is 0 Å². The monoisotopic (exact) mass is 366 g/mol. The average Bonchev–Trinajstić information content (AvgIpc) is 2.91. The van der Waals surface area contributed by atoms with Crippen molar-refractivity contribution < 1.29 is 14.6 Å². The molecule has 1 unspecified atom stereocenters. The standard InChI is InChI=1S/C23H42O3/c1-5-8-10-11-12-13-19-20(14-16-23(4,25)15-9-6-2)22(18-21(19)24)26-17-7-3/h14,16,19-20,22,25H,5-13,15,17-18H2,1-4H3/t19-,20-,22-,23?/m1/s1. The average molecular weight is 367 g/mol. The summed E-state index contributed by atoms with van der Waals surface area (Å²) in [7, 11) is 0. The molecule has 0 aromatic rings. The Bertz CT molecular complexity index is 414. The first-order chi connectivity index (χ1) is 12.4. The Kier molecular flexibility index (Phi) is 11.4. The molecule has 4 atom stereocenters. The molecular formula is C23H42O3. The first kappa shape index (κ1) is 23.4. The fourth-order valence-corrected chi connectivity index (χ4v) is 3.91. The van der Waals surface area contributed by atoms with Crippen LogP contribution < -0.4 is 0 Å². The predicted molar refractivity (Wildman–Crippen MR) is 109 cm³/mol. The van der Waals surface area contributed by atoms with Gasteiger partial charge in [0.1, 0.15) is 5.78 Å².